The molecular weight excluding hydrogens is 516 g/mol. The van der Waals surface area contributed by atoms with Crippen LogP contribution in [0.25, 0.3) is 10.8 Å². The first-order valence-electron chi connectivity index (χ1n) is 15.5. The Morgan fingerprint density at radius 2 is 1.07 bits per heavy atom. The van der Waals surface area contributed by atoms with Gasteiger partial charge in [0.1, 0.15) is 11.5 Å². The second kappa shape index (κ2) is 14.3. The van der Waals surface area contributed by atoms with Crippen LogP contribution in [0.5, 0.6) is 11.5 Å². The van der Waals surface area contributed by atoms with Crippen LogP contribution in [0, 0.1) is 0 Å². The van der Waals surface area contributed by atoms with Crippen LogP contribution >= 0.6 is 0 Å². The van der Waals surface area contributed by atoms with Crippen molar-refractivity contribution in [3.05, 3.63) is 94.0 Å². The van der Waals surface area contributed by atoms with Gasteiger partial charge in [-0.2, -0.15) is 0 Å². The first-order valence-corrected chi connectivity index (χ1v) is 15.5. The third-order valence-electron chi connectivity index (χ3n) is 7.89. The van der Waals surface area contributed by atoms with Crippen LogP contribution in [0.15, 0.2) is 70.6 Å². The van der Waals surface area contributed by atoms with Crippen molar-refractivity contribution in [2.45, 2.75) is 91.9 Å². The van der Waals surface area contributed by atoms with Gasteiger partial charge in [0, 0.05) is 28.9 Å². The summed E-state index contributed by atoms with van der Waals surface area (Å²) in [7, 11) is 0. The summed E-state index contributed by atoms with van der Waals surface area (Å²) >= 11 is 0. The molecule has 42 heavy (non-hydrogen) atoms. The molecule has 0 saturated carbocycles. The van der Waals surface area contributed by atoms with Gasteiger partial charge in [0.05, 0.1) is 11.4 Å². The number of fused-ring (bicyclic) bond motifs is 1. The average Bonchev–Trinajstić information content (AvgIpc) is 2.98. The largest absolute Gasteiger partial charge is 0.507 e. The molecule has 4 aromatic carbocycles. The summed E-state index contributed by atoms with van der Waals surface area (Å²) in [5.74, 6) is 1.02. The summed E-state index contributed by atoms with van der Waals surface area (Å²) in [6, 6.07) is 20.5. The molecule has 0 bridgehead atoms. The summed E-state index contributed by atoms with van der Waals surface area (Å²) < 4.78 is 0. The molecule has 0 atom stereocenters. The molecule has 0 fully saturated rings. The van der Waals surface area contributed by atoms with E-state index in [1.165, 1.54) is 11.1 Å². The zero-order valence-corrected chi connectivity index (χ0v) is 26.1. The number of nitrogens with zero attached hydrogens (tertiary/aromatic N) is 2. The van der Waals surface area contributed by atoms with E-state index in [9.17, 15) is 10.2 Å². The van der Waals surface area contributed by atoms with E-state index in [4.69, 9.17) is 9.98 Å². The van der Waals surface area contributed by atoms with Gasteiger partial charge >= 0.3 is 0 Å². The molecule has 0 aliphatic heterocycles. The van der Waals surface area contributed by atoms with Gasteiger partial charge in [-0.1, -0.05) is 90.8 Å². The van der Waals surface area contributed by atoms with Crippen molar-refractivity contribution in [1.29, 1.82) is 0 Å². The molecule has 0 unspecified atom stereocenters. The molecule has 0 aliphatic carbocycles. The lowest BCUT2D eigenvalue weighted by molar-refractivity contribution is 0.463. The molecule has 0 aromatic heterocycles. The van der Waals surface area contributed by atoms with E-state index in [0.29, 0.717) is 11.5 Å². The highest BCUT2D eigenvalue weighted by molar-refractivity contribution is 6.04. The minimum absolute atomic E-state index is 0.213. The molecule has 0 amide bonds. The predicted molar refractivity (Wildman–Crippen MR) is 180 cm³/mol. The lowest BCUT2D eigenvalue weighted by Gasteiger charge is -2.14. The Labute approximate surface area is 251 Å². The fraction of sp³-hybridized carbons (Fsp3) is 0.368. The summed E-state index contributed by atoms with van der Waals surface area (Å²) in [5.41, 5.74) is 7.40. The lowest BCUT2D eigenvalue weighted by atomic mass is 9.94. The minimum Gasteiger partial charge on any atom is -0.507 e. The van der Waals surface area contributed by atoms with Crippen molar-refractivity contribution < 1.29 is 10.2 Å². The van der Waals surface area contributed by atoms with Crippen molar-refractivity contribution in [3.8, 4) is 11.5 Å². The van der Waals surface area contributed by atoms with E-state index in [-0.39, 0.29) is 11.8 Å². The monoisotopic (exact) mass is 562 g/mol. The Morgan fingerprint density at radius 3 is 1.45 bits per heavy atom. The van der Waals surface area contributed by atoms with Gasteiger partial charge in [-0.05, 0) is 89.4 Å². The maximum Gasteiger partial charge on any atom is 0.127 e. The van der Waals surface area contributed by atoms with Crippen LogP contribution in [0.1, 0.15) is 112 Å². The Balaban J connectivity index is 1.77. The first kappa shape index (κ1) is 31.0. The van der Waals surface area contributed by atoms with Gasteiger partial charge in [-0.3, -0.25) is 9.98 Å². The highest BCUT2D eigenvalue weighted by Gasteiger charge is 2.14. The maximum atomic E-state index is 11.1. The summed E-state index contributed by atoms with van der Waals surface area (Å²) in [4.78, 5) is 9.79. The van der Waals surface area contributed by atoms with Crippen LogP contribution < -0.4 is 0 Å². The molecule has 4 rings (SSSR count). The van der Waals surface area contributed by atoms with Crippen LogP contribution in [0.4, 0.5) is 11.4 Å². The Morgan fingerprint density at radius 1 is 0.643 bits per heavy atom. The molecule has 0 heterocycles. The molecule has 220 valence electrons. The van der Waals surface area contributed by atoms with Gasteiger partial charge in [0.25, 0.3) is 0 Å². The van der Waals surface area contributed by atoms with Crippen LogP contribution in [-0.2, 0) is 12.8 Å². The maximum absolute atomic E-state index is 11.1. The number of aliphatic imine (C=N–C) groups is 2. The van der Waals surface area contributed by atoms with E-state index >= 15 is 0 Å². The third-order valence-corrected chi connectivity index (χ3v) is 7.89. The fourth-order valence-electron chi connectivity index (χ4n) is 5.41. The number of aryl methyl sites for hydroxylation is 2. The number of hydrogen-bond donors (Lipinski definition) is 2. The van der Waals surface area contributed by atoms with E-state index in [2.05, 4.69) is 77.9 Å². The molecule has 4 heteroatoms. The van der Waals surface area contributed by atoms with E-state index < -0.39 is 0 Å². The number of unbranched alkanes of at least 4 members (excludes halogenated alkanes) is 2. The third kappa shape index (κ3) is 7.28. The predicted octanol–water partition coefficient (Wildman–Crippen LogP) is 10.7. The minimum atomic E-state index is 0.213. The number of benzene rings is 4. The topological polar surface area (TPSA) is 65.2 Å². The number of aromatic hydroxyl groups is 2. The molecule has 0 radical (unpaired) electrons. The molecular formula is C38H46N2O2. The highest BCUT2D eigenvalue weighted by atomic mass is 16.3. The van der Waals surface area contributed by atoms with Gasteiger partial charge in [-0.15, -0.1) is 0 Å². The Bertz CT molecular complexity index is 1470. The van der Waals surface area contributed by atoms with Crippen molar-refractivity contribution >= 4 is 34.6 Å². The summed E-state index contributed by atoms with van der Waals surface area (Å²) in [5, 5.41) is 24.1. The number of phenolic OH excluding ortho intramolecular Hbond substituents is 2. The van der Waals surface area contributed by atoms with Gasteiger partial charge in [-0.25, -0.2) is 0 Å². The Hall–Kier alpha value is -3.92. The van der Waals surface area contributed by atoms with E-state index in [0.717, 1.165) is 82.9 Å². The van der Waals surface area contributed by atoms with Crippen molar-refractivity contribution in [3.63, 3.8) is 0 Å². The quantitative estimate of drug-likeness (QED) is 0.169. The number of rotatable bonds is 12. The van der Waals surface area contributed by atoms with Crippen LogP contribution in [0.3, 0.4) is 0 Å². The second-order valence-electron chi connectivity index (χ2n) is 11.9. The normalized spacial score (nSPS) is 12.1. The first-order chi connectivity index (χ1) is 20.2. The standard InChI is InChI=1S/C38H46N2O2/c1-7-9-13-27-19-30(37(41)32(21-27)25(3)4)23-39-34-17-11-15-29-16-12-18-35(36(29)34)40-24-31-20-28(14-10-8-2)22-33(26(5)6)38(31)42/h11-12,15-26,41-42H,7-10,13-14H2,1-6H3. The van der Waals surface area contributed by atoms with E-state index in [1.807, 2.05) is 24.3 Å². The van der Waals surface area contributed by atoms with Crippen molar-refractivity contribution in [2.24, 2.45) is 9.98 Å². The van der Waals surface area contributed by atoms with Crippen molar-refractivity contribution in [1.82, 2.24) is 0 Å². The fourth-order valence-corrected chi connectivity index (χ4v) is 5.41. The Kier molecular flexibility index (Phi) is 10.6. The molecule has 0 saturated heterocycles. The SMILES string of the molecule is CCCCc1cc(C=Nc2cccc3cccc(N=Cc4cc(CCCC)cc(C(C)C)c4O)c23)c(O)c(C(C)C)c1. The van der Waals surface area contributed by atoms with Gasteiger partial charge in [0.15, 0.2) is 0 Å². The van der Waals surface area contributed by atoms with Crippen LogP contribution in [-0.4, -0.2) is 22.6 Å². The summed E-state index contributed by atoms with van der Waals surface area (Å²) in [6.07, 6.45) is 10.00. The molecule has 4 nitrogen and oxygen atoms in total. The molecule has 2 N–H and O–H groups in total. The highest BCUT2D eigenvalue weighted by Crippen LogP contribution is 2.36. The zero-order valence-electron chi connectivity index (χ0n) is 26.1. The van der Waals surface area contributed by atoms with E-state index in [1.54, 1.807) is 12.4 Å². The second-order valence-corrected chi connectivity index (χ2v) is 11.9. The van der Waals surface area contributed by atoms with Gasteiger partial charge in [0.2, 0.25) is 0 Å². The number of hydrogen-bond acceptors (Lipinski definition) is 4. The van der Waals surface area contributed by atoms with Crippen molar-refractivity contribution in [2.75, 3.05) is 0 Å². The number of phenols is 2. The van der Waals surface area contributed by atoms with Crippen LogP contribution in [0.2, 0.25) is 0 Å². The molecule has 4 aromatic rings. The molecule has 0 spiro atoms. The van der Waals surface area contributed by atoms with Gasteiger partial charge < -0.3 is 10.2 Å². The zero-order chi connectivity index (χ0) is 30.2. The smallest absolute Gasteiger partial charge is 0.127 e. The molecule has 0 aliphatic rings. The average molecular weight is 563 g/mol. The summed E-state index contributed by atoms with van der Waals surface area (Å²) in [6.45, 7) is 12.8. The lowest BCUT2D eigenvalue weighted by Crippen LogP contribution is -1.97.